The molecule has 0 fully saturated rings. The van der Waals surface area contributed by atoms with Gasteiger partial charge in [-0.2, -0.15) is 0 Å². The third-order valence-corrected chi connectivity index (χ3v) is 4.49. The van der Waals surface area contributed by atoms with Crippen molar-refractivity contribution in [3.05, 3.63) is 94.8 Å². The highest BCUT2D eigenvalue weighted by atomic mass is 35.5. The fourth-order valence-electron chi connectivity index (χ4n) is 2.93. The molecule has 0 aliphatic carbocycles. The molecule has 2 aromatic carbocycles. The van der Waals surface area contributed by atoms with Gasteiger partial charge in [0.15, 0.2) is 0 Å². The van der Waals surface area contributed by atoms with Crippen LogP contribution in [0.25, 0.3) is 0 Å². The number of benzene rings is 2. The lowest BCUT2D eigenvalue weighted by molar-refractivity contribution is -0.117. The number of carbonyl (C=O) groups is 2. The standard InChI is InChI=1S/C21H15ClN4O2/c22-15-5-3-4-14(12-15)18-16-6-1-2-7-17(16)24-21(28)19(25-18)26-20(27)13-8-10-23-11-9-13/h1-12,19H,(H,24,28)(H,26,27). The van der Waals surface area contributed by atoms with Crippen LogP contribution in [0.5, 0.6) is 0 Å². The Morgan fingerprint density at radius 3 is 2.61 bits per heavy atom. The zero-order valence-electron chi connectivity index (χ0n) is 14.6. The first-order valence-electron chi connectivity index (χ1n) is 8.57. The van der Waals surface area contributed by atoms with Crippen LogP contribution in [-0.2, 0) is 4.79 Å². The summed E-state index contributed by atoms with van der Waals surface area (Å²) in [5.41, 5.74) is 3.07. The van der Waals surface area contributed by atoms with Crippen molar-refractivity contribution in [1.82, 2.24) is 10.3 Å². The maximum Gasteiger partial charge on any atom is 0.269 e. The van der Waals surface area contributed by atoms with Gasteiger partial charge in [-0.25, -0.2) is 4.99 Å². The van der Waals surface area contributed by atoms with Crippen LogP contribution in [0, 0.1) is 0 Å². The third-order valence-electron chi connectivity index (χ3n) is 4.25. The number of rotatable bonds is 3. The second-order valence-electron chi connectivity index (χ2n) is 6.13. The van der Waals surface area contributed by atoms with Crippen LogP contribution in [0.2, 0.25) is 5.02 Å². The van der Waals surface area contributed by atoms with E-state index in [1.165, 1.54) is 12.4 Å². The SMILES string of the molecule is O=C(NC1N=C(c2cccc(Cl)c2)c2ccccc2NC1=O)c1ccncc1. The summed E-state index contributed by atoms with van der Waals surface area (Å²) in [4.78, 5) is 33.7. The number of anilines is 1. The zero-order chi connectivity index (χ0) is 19.5. The maximum atomic E-state index is 12.7. The molecule has 2 amide bonds. The van der Waals surface area contributed by atoms with E-state index in [4.69, 9.17) is 11.6 Å². The molecule has 6 nitrogen and oxygen atoms in total. The number of para-hydroxylation sites is 1. The minimum absolute atomic E-state index is 0.393. The number of aromatic nitrogens is 1. The van der Waals surface area contributed by atoms with Gasteiger partial charge in [-0.1, -0.05) is 41.9 Å². The van der Waals surface area contributed by atoms with Crippen molar-refractivity contribution in [2.45, 2.75) is 6.17 Å². The van der Waals surface area contributed by atoms with Crippen LogP contribution in [0.1, 0.15) is 21.5 Å². The maximum absolute atomic E-state index is 12.7. The van der Waals surface area contributed by atoms with Gasteiger partial charge >= 0.3 is 0 Å². The summed E-state index contributed by atoms with van der Waals surface area (Å²) in [5.74, 6) is -0.838. The number of hydrogen-bond donors (Lipinski definition) is 2. The molecule has 0 saturated heterocycles. The number of nitrogens with one attached hydrogen (secondary N) is 2. The van der Waals surface area contributed by atoms with Crippen molar-refractivity contribution < 1.29 is 9.59 Å². The Bertz CT molecular complexity index is 1080. The molecule has 1 aliphatic heterocycles. The van der Waals surface area contributed by atoms with Crippen LogP contribution in [0.3, 0.4) is 0 Å². The van der Waals surface area contributed by atoms with Gasteiger partial charge in [-0.3, -0.25) is 14.6 Å². The number of halogens is 1. The summed E-state index contributed by atoms with van der Waals surface area (Å²) in [6, 6.07) is 17.7. The van der Waals surface area contributed by atoms with E-state index >= 15 is 0 Å². The molecular formula is C21H15ClN4O2. The second-order valence-corrected chi connectivity index (χ2v) is 6.57. The molecule has 4 rings (SSSR count). The number of nitrogens with zero attached hydrogens (tertiary/aromatic N) is 2. The van der Waals surface area contributed by atoms with E-state index < -0.39 is 18.0 Å². The van der Waals surface area contributed by atoms with Crippen molar-refractivity contribution >= 4 is 34.8 Å². The summed E-state index contributed by atoms with van der Waals surface area (Å²) in [6.07, 6.45) is 1.93. The van der Waals surface area contributed by atoms with Crippen molar-refractivity contribution in [2.24, 2.45) is 4.99 Å². The number of carbonyl (C=O) groups excluding carboxylic acids is 2. The minimum Gasteiger partial charge on any atom is -0.322 e. The molecule has 0 radical (unpaired) electrons. The Morgan fingerprint density at radius 2 is 1.82 bits per heavy atom. The van der Waals surface area contributed by atoms with E-state index in [0.717, 1.165) is 11.1 Å². The normalized spacial score (nSPS) is 15.7. The van der Waals surface area contributed by atoms with Gasteiger partial charge in [-0.15, -0.1) is 0 Å². The zero-order valence-corrected chi connectivity index (χ0v) is 15.4. The number of hydrogen-bond acceptors (Lipinski definition) is 4. The lowest BCUT2D eigenvalue weighted by atomic mass is 10.0. The molecule has 28 heavy (non-hydrogen) atoms. The number of benzodiazepines with no additional fused rings is 1. The first kappa shape index (κ1) is 17.9. The average Bonchev–Trinajstić information content (AvgIpc) is 2.85. The average molecular weight is 391 g/mol. The van der Waals surface area contributed by atoms with E-state index in [1.54, 1.807) is 30.3 Å². The van der Waals surface area contributed by atoms with Crippen molar-refractivity contribution in [3.8, 4) is 0 Å². The molecule has 1 unspecified atom stereocenters. The van der Waals surface area contributed by atoms with Gasteiger partial charge < -0.3 is 10.6 Å². The van der Waals surface area contributed by atoms with Gasteiger partial charge in [0.05, 0.1) is 11.4 Å². The molecule has 0 saturated carbocycles. The first-order chi connectivity index (χ1) is 13.6. The smallest absolute Gasteiger partial charge is 0.269 e. The van der Waals surface area contributed by atoms with Crippen LogP contribution < -0.4 is 10.6 Å². The van der Waals surface area contributed by atoms with Crippen molar-refractivity contribution in [1.29, 1.82) is 0 Å². The summed E-state index contributed by atoms with van der Waals surface area (Å²) in [5, 5.41) is 6.06. The minimum atomic E-state index is -1.10. The van der Waals surface area contributed by atoms with Crippen LogP contribution in [0.15, 0.2) is 78.0 Å². The van der Waals surface area contributed by atoms with E-state index in [0.29, 0.717) is 22.0 Å². The molecular weight excluding hydrogens is 376 g/mol. The van der Waals surface area contributed by atoms with Gasteiger partial charge in [-0.05, 0) is 30.3 Å². The number of amides is 2. The Morgan fingerprint density at radius 1 is 1.04 bits per heavy atom. The summed E-state index contributed by atoms with van der Waals surface area (Å²) in [6.45, 7) is 0. The highest BCUT2D eigenvalue weighted by Crippen LogP contribution is 2.25. The lowest BCUT2D eigenvalue weighted by Gasteiger charge is -2.13. The molecule has 2 N–H and O–H groups in total. The quantitative estimate of drug-likeness (QED) is 0.719. The second kappa shape index (κ2) is 7.62. The van der Waals surface area contributed by atoms with Gasteiger partial charge in [0.2, 0.25) is 6.17 Å². The monoisotopic (exact) mass is 390 g/mol. The van der Waals surface area contributed by atoms with Crippen molar-refractivity contribution in [3.63, 3.8) is 0 Å². The molecule has 0 spiro atoms. The summed E-state index contributed by atoms with van der Waals surface area (Å²) < 4.78 is 0. The summed E-state index contributed by atoms with van der Waals surface area (Å²) >= 11 is 6.15. The van der Waals surface area contributed by atoms with E-state index in [-0.39, 0.29) is 0 Å². The van der Waals surface area contributed by atoms with Crippen LogP contribution >= 0.6 is 11.6 Å². The predicted octanol–water partition coefficient (Wildman–Crippen LogP) is 3.28. The molecule has 3 aromatic rings. The molecule has 7 heteroatoms. The van der Waals surface area contributed by atoms with E-state index in [2.05, 4.69) is 20.6 Å². The molecule has 0 bridgehead atoms. The van der Waals surface area contributed by atoms with E-state index in [1.807, 2.05) is 30.3 Å². The van der Waals surface area contributed by atoms with Crippen LogP contribution in [-0.4, -0.2) is 28.7 Å². The lowest BCUT2D eigenvalue weighted by Crippen LogP contribution is -2.42. The highest BCUT2D eigenvalue weighted by molar-refractivity contribution is 6.31. The van der Waals surface area contributed by atoms with E-state index in [9.17, 15) is 9.59 Å². The molecule has 138 valence electrons. The topological polar surface area (TPSA) is 83.5 Å². The van der Waals surface area contributed by atoms with Gasteiger partial charge in [0, 0.05) is 34.1 Å². The molecule has 1 aromatic heterocycles. The Hall–Kier alpha value is -3.51. The highest BCUT2D eigenvalue weighted by Gasteiger charge is 2.27. The molecule has 1 aliphatic rings. The Kier molecular flexibility index (Phi) is 4.87. The predicted molar refractivity (Wildman–Crippen MR) is 108 cm³/mol. The van der Waals surface area contributed by atoms with Crippen LogP contribution in [0.4, 0.5) is 5.69 Å². The number of fused-ring (bicyclic) bond motifs is 1. The largest absolute Gasteiger partial charge is 0.322 e. The summed E-state index contributed by atoms with van der Waals surface area (Å²) in [7, 11) is 0. The fourth-order valence-corrected chi connectivity index (χ4v) is 3.12. The Balaban J connectivity index is 1.76. The van der Waals surface area contributed by atoms with Crippen molar-refractivity contribution in [2.75, 3.05) is 5.32 Å². The first-order valence-corrected chi connectivity index (χ1v) is 8.94. The fraction of sp³-hybridized carbons (Fsp3) is 0.0476. The third kappa shape index (κ3) is 3.63. The van der Waals surface area contributed by atoms with Gasteiger partial charge in [0.1, 0.15) is 0 Å². The number of aliphatic imine (C=N–C) groups is 1. The molecule has 2 heterocycles. The van der Waals surface area contributed by atoms with Gasteiger partial charge in [0.25, 0.3) is 11.8 Å². The number of pyridine rings is 1. The Labute approximate surface area is 166 Å². The molecule has 1 atom stereocenters.